The van der Waals surface area contributed by atoms with Gasteiger partial charge in [0.05, 0.1) is 5.69 Å². The predicted molar refractivity (Wildman–Crippen MR) is 53.4 cm³/mol. The van der Waals surface area contributed by atoms with Crippen molar-refractivity contribution in [2.75, 3.05) is 0 Å². The van der Waals surface area contributed by atoms with Gasteiger partial charge in [-0.15, -0.1) is 12.4 Å². The van der Waals surface area contributed by atoms with Gasteiger partial charge in [-0.05, 0) is 18.6 Å². The molecule has 0 saturated heterocycles. The first-order valence-corrected chi connectivity index (χ1v) is 4.09. The molecule has 0 saturated carbocycles. The minimum Gasteiger partial charge on any atom is -0.327 e. The van der Waals surface area contributed by atoms with Gasteiger partial charge in [-0.2, -0.15) is 0 Å². The molecule has 0 radical (unpaired) electrons. The highest BCUT2D eigenvalue weighted by atomic mass is 35.5. The molecule has 0 spiro atoms. The standard InChI is InChI=1S/C9H13FN2.ClH/c1-2-7(11)6-9-8(10)4-3-5-12-9;/h3-5,7H,2,6,11H2,1H3;1H. The Hall–Kier alpha value is -0.670. The van der Waals surface area contributed by atoms with Crippen molar-refractivity contribution in [3.05, 3.63) is 29.8 Å². The van der Waals surface area contributed by atoms with Crippen molar-refractivity contribution in [1.82, 2.24) is 4.98 Å². The third-order valence-corrected chi connectivity index (χ3v) is 1.81. The summed E-state index contributed by atoms with van der Waals surface area (Å²) in [6, 6.07) is 3.00. The molecule has 74 valence electrons. The van der Waals surface area contributed by atoms with E-state index in [1.54, 1.807) is 12.3 Å². The predicted octanol–water partition coefficient (Wildman–Crippen LogP) is 1.92. The summed E-state index contributed by atoms with van der Waals surface area (Å²) in [5, 5.41) is 0. The monoisotopic (exact) mass is 204 g/mol. The maximum atomic E-state index is 13.0. The first kappa shape index (κ1) is 12.3. The summed E-state index contributed by atoms with van der Waals surface area (Å²) in [5.74, 6) is -0.263. The average Bonchev–Trinajstić information content (AvgIpc) is 2.09. The van der Waals surface area contributed by atoms with Crippen molar-refractivity contribution in [3.63, 3.8) is 0 Å². The Morgan fingerprint density at radius 2 is 2.31 bits per heavy atom. The Morgan fingerprint density at radius 3 is 2.85 bits per heavy atom. The number of nitrogens with zero attached hydrogens (tertiary/aromatic N) is 1. The zero-order valence-electron chi connectivity index (χ0n) is 7.53. The zero-order valence-corrected chi connectivity index (χ0v) is 8.35. The highest BCUT2D eigenvalue weighted by molar-refractivity contribution is 5.85. The summed E-state index contributed by atoms with van der Waals surface area (Å²) < 4.78 is 13.0. The number of aromatic nitrogens is 1. The van der Waals surface area contributed by atoms with Gasteiger partial charge in [-0.1, -0.05) is 6.92 Å². The number of pyridine rings is 1. The number of halogens is 2. The van der Waals surface area contributed by atoms with Crippen molar-refractivity contribution in [1.29, 1.82) is 0 Å². The molecule has 2 N–H and O–H groups in total. The number of rotatable bonds is 3. The SMILES string of the molecule is CCC(N)Cc1ncccc1F.Cl. The van der Waals surface area contributed by atoms with Gasteiger partial charge in [0.15, 0.2) is 0 Å². The van der Waals surface area contributed by atoms with E-state index >= 15 is 0 Å². The van der Waals surface area contributed by atoms with Crippen LogP contribution in [0.2, 0.25) is 0 Å². The summed E-state index contributed by atoms with van der Waals surface area (Å²) in [6.07, 6.45) is 2.94. The number of hydrogen-bond donors (Lipinski definition) is 1. The van der Waals surface area contributed by atoms with Crippen molar-refractivity contribution in [3.8, 4) is 0 Å². The fourth-order valence-corrected chi connectivity index (χ4v) is 0.961. The molecule has 1 unspecified atom stereocenters. The third-order valence-electron chi connectivity index (χ3n) is 1.81. The highest BCUT2D eigenvalue weighted by Gasteiger charge is 2.06. The van der Waals surface area contributed by atoms with E-state index in [-0.39, 0.29) is 24.3 Å². The number of hydrogen-bond acceptors (Lipinski definition) is 2. The van der Waals surface area contributed by atoms with Crippen molar-refractivity contribution >= 4 is 12.4 Å². The van der Waals surface area contributed by atoms with Crippen LogP contribution in [0.1, 0.15) is 19.0 Å². The van der Waals surface area contributed by atoms with E-state index in [0.717, 1.165) is 6.42 Å². The van der Waals surface area contributed by atoms with Crippen LogP contribution in [0, 0.1) is 5.82 Å². The molecule has 1 heterocycles. The molecule has 1 aromatic heterocycles. The highest BCUT2D eigenvalue weighted by Crippen LogP contribution is 2.05. The zero-order chi connectivity index (χ0) is 8.97. The van der Waals surface area contributed by atoms with E-state index in [0.29, 0.717) is 12.1 Å². The maximum Gasteiger partial charge on any atom is 0.144 e. The van der Waals surface area contributed by atoms with Crippen LogP contribution in [-0.4, -0.2) is 11.0 Å². The quantitative estimate of drug-likeness (QED) is 0.817. The summed E-state index contributed by atoms with van der Waals surface area (Å²) >= 11 is 0. The fourth-order valence-electron chi connectivity index (χ4n) is 0.961. The van der Waals surface area contributed by atoms with Crippen LogP contribution >= 0.6 is 12.4 Å². The maximum absolute atomic E-state index is 13.0. The van der Waals surface area contributed by atoms with E-state index in [2.05, 4.69) is 4.98 Å². The van der Waals surface area contributed by atoms with Crippen LogP contribution < -0.4 is 5.73 Å². The van der Waals surface area contributed by atoms with E-state index in [1.807, 2.05) is 6.92 Å². The molecule has 0 aliphatic rings. The summed E-state index contributed by atoms with van der Waals surface area (Å²) in [5.41, 5.74) is 6.13. The van der Waals surface area contributed by atoms with Crippen molar-refractivity contribution < 1.29 is 4.39 Å². The molecule has 13 heavy (non-hydrogen) atoms. The molecule has 1 rings (SSSR count). The van der Waals surface area contributed by atoms with Crippen LogP contribution in [0.5, 0.6) is 0 Å². The molecule has 2 nitrogen and oxygen atoms in total. The van der Waals surface area contributed by atoms with Gasteiger partial charge in [0.1, 0.15) is 5.82 Å². The van der Waals surface area contributed by atoms with Gasteiger partial charge in [0.2, 0.25) is 0 Å². The second kappa shape index (κ2) is 5.89. The molecule has 1 aromatic rings. The smallest absolute Gasteiger partial charge is 0.144 e. The van der Waals surface area contributed by atoms with Crippen LogP contribution in [0.25, 0.3) is 0 Å². The van der Waals surface area contributed by atoms with Gasteiger partial charge in [-0.25, -0.2) is 4.39 Å². The Kier molecular flexibility index (Phi) is 5.58. The Balaban J connectivity index is 0.00000144. The van der Waals surface area contributed by atoms with Gasteiger partial charge in [0, 0.05) is 18.7 Å². The van der Waals surface area contributed by atoms with Crippen LogP contribution in [-0.2, 0) is 6.42 Å². The molecular formula is C9H14ClFN2. The van der Waals surface area contributed by atoms with Gasteiger partial charge in [0.25, 0.3) is 0 Å². The molecule has 0 fully saturated rings. The fraction of sp³-hybridized carbons (Fsp3) is 0.444. The second-order valence-corrected chi connectivity index (χ2v) is 2.80. The lowest BCUT2D eigenvalue weighted by atomic mass is 10.1. The molecule has 0 bridgehead atoms. The first-order valence-electron chi connectivity index (χ1n) is 4.09. The lowest BCUT2D eigenvalue weighted by molar-refractivity contribution is 0.565. The minimum atomic E-state index is -0.263. The van der Waals surface area contributed by atoms with Crippen LogP contribution in [0.15, 0.2) is 18.3 Å². The molecule has 0 aliphatic carbocycles. The largest absolute Gasteiger partial charge is 0.327 e. The Labute approximate surface area is 83.8 Å². The molecule has 1 atom stereocenters. The van der Waals surface area contributed by atoms with E-state index in [9.17, 15) is 4.39 Å². The van der Waals surface area contributed by atoms with Crippen LogP contribution in [0.4, 0.5) is 4.39 Å². The summed E-state index contributed by atoms with van der Waals surface area (Å²) in [4.78, 5) is 3.91. The Morgan fingerprint density at radius 1 is 1.62 bits per heavy atom. The molecule has 4 heteroatoms. The molecule has 0 amide bonds. The van der Waals surface area contributed by atoms with Gasteiger partial charge < -0.3 is 5.73 Å². The lowest BCUT2D eigenvalue weighted by Crippen LogP contribution is -2.22. The van der Waals surface area contributed by atoms with Crippen molar-refractivity contribution in [2.24, 2.45) is 5.73 Å². The summed E-state index contributed by atoms with van der Waals surface area (Å²) in [6.45, 7) is 1.98. The van der Waals surface area contributed by atoms with Gasteiger partial charge in [-0.3, -0.25) is 4.98 Å². The number of nitrogens with two attached hydrogens (primary N) is 1. The molecule has 0 aliphatic heterocycles. The Bertz CT molecular complexity index is 255. The second-order valence-electron chi connectivity index (χ2n) is 2.80. The van der Waals surface area contributed by atoms with E-state index in [1.165, 1.54) is 6.07 Å². The average molecular weight is 205 g/mol. The van der Waals surface area contributed by atoms with Gasteiger partial charge >= 0.3 is 0 Å². The van der Waals surface area contributed by atoms with E-state index < -0.39 is 0 Å². The van der Waals surface area contributed by atoms with Crippen molar-refractivity contribution in [2.45, 2.75) is 25.8 Å². The first-order chi connectivity index (χ1) is 5.74. The topological polar surface area (TPSA) is 38.9 Å². The summed E-state index contributed by atoms with van der Waals surface area (Å²) in [7, 11) is 0. The minimum absolute atomic E-state index is 0. The lowest BCUT2D eigenvalue weighted by Gasteiger charge is -2.07. The normalized spacial score (nSPS) is 11.9. The molecule has 0 aromatic carbocycles. The molecular weight excluding hydrogens is 191 g/mol. The van der Waals surface area contributed by atoms with Crippen LogP contribution in [0.3, 0.4) is 0 Å². The third kappa shape index (κ3) is 3.70. The van der Waals surface area contributed by atoms with E-state index in [4.69, 9.17) is 5.73 Å².